The summed E-state index contributed by atoms with van der Waals surface area (Å²) in [7, 11) is -0.609. The fourth-order valence-electron chi connectivity index (χ4n) is 3.11. The number of benzene rings is 1. The Morgan fingerprint density at radius 3 is 2.43 bits per heavy atom. The van der Waals surface area contributed by atoms with Crippen molar-refractivity contribution >= 4 is 40.2 Å². The predicted molar refractivity (Wildman–Crippen MR) is 111 cm³/mol. The number of ether oxygens (including phenoxy) is 1. The van der Waals surface area contributed by atoms with Crippen molar-refractivity contribution in [2.75, 3.05) is 6.61 Å². The van der Waals surface area contributed by atoms with E-state index in [1.54, 1.807) is 6.92 Å². The van der Waals surface area contributed by atoms with Crippen LogP contribution in [0.15, 0.2) is 36.4 Å². The fraction of sp³-hybridized carbons (Fsp3) is 0.400. The number of rotatable bonds is 4. The lowest BCUT2D eigenvalue weighted by Crippen LogP contribution is -2.41. The maximum Gasteiger partial charge on any atom is 0.517 e. The lowest BCUT2D eigenvalue weighted by molar-refractivity contribution is 0.00578. The molecule has 1 aliphatic heterocycles. The quantitative estimate of drug-likeness (QED) is 0.497. The second-order valence-electron chi connectivity index (χ2n) is 7.77. The van der Waals surface area contributed by atoms with Crippen LogP contribution in [0.25, 0.3) is 15.9 Å². The first-order valence-electron chi connectivity index (χ1n) is 9.34. The lowest BCUT2D eigenvalue weighted by atomic mass is 9.83. The highest BCUT2D eigenvalue weighted by atomic mass is 32.1. The summed E-state index contributed by atoms with van der Waals surface area (Å²) in [5.74, 6) is -0.330. The maximum atomic E-state index is 12.3. The van der Waals surface area contributed by atoms with Gasteiger partial charge in [0.2, 0.25) is 0 Å². The number of hydrogen-bond donors (Lipinski definition) is 0. The molecular formula is C20H23BN2O4S. The minimum absolute atomic E-state index is 0.330. The molecule has 2 aromatic heterocycles. The molecule has 0 amide bonds. The van der Waals surface area contributed by atoms with Gasteiger partial charge in [0, 0.05) is 5.39 Å². The van der Waals surface area contributed by atoms with Crippen LogP contribution < -0.4 is 5.59 Å². The molecule has 0 saturated carbocycles. The molecule has 1 saturated heterocycles. The molecule has 3 aromatic rings. The number of thiophene rings is 1. The number of carbonyl (C=O) groups is 1. The summed E-state index contributed by atoms with van der Waals surface area (Å²) in [4.78, 5) is 13.7. The van der Waals surface area contributed by atoms with Gasteiger partial charge in [-0.25, -0.2) is 9.48 Å². The smallest absolute Gasteiger partial charge is 0.462 e. The molecule has 8 heteroatoms. The van der Waals surface area contributed by atoms with E-state index in [0.29, 0.717) is 17.1 Å². The highest BCUT2D eigenvalue weighted by Gasteiger charge is 2.53. The van der Waals surface area contributed by atoms with E-state index in [-0.39, 0.29) is 5.97 Å². The molecule has 0 radical (unpaired) electrons. The van der Waals surface area contributed by atoms with Crippen molar-refractivity contribution < 1.29 is 18.8 Å². The molecule has 6 nitrogen and oxygen atoms in total. The molecule has 0 bridgehead atoms. The third kappa shape index (κ3) is 3.05. The summed E-state index contributed by atoms with van der Waals surface area (Å²) in [6, 6.07) is 11.6. The average molecular weight is 398 g/mol. The summed E-state index contributed by atoms with van der Waals surface area (Å²) >= 11 is 1.36. The van der Waals surface area contributed by atoms with Gasteiger partial charge in [0.1, 0.15) is 15.3 Å². The van der Waals surface area contributed by atoms with Crippen molar-refractivity contribution in [2.24, 2.45) is 0 Å². The average Bonchev–Trinajstić information content (AvgIpc) is 3.26. The van der Waals surface area contributed by atoms with Gasteiger partial charge in [-0.1, -0.05) is 18.2 Å². The summed E-state index contributed by atoms with van der Waals surface area (Å²) in [5, 5.41) is 5.65. The Morgan fingerprint density at radius 1 is 1.18 bits per heavy atom. The molecule has 0 aliphatic carbocycles. The van der Waals surface area contributed by atoms with Crippen LogP contribution in [0.1, 0.15) is 44.3 Å². The van der Waals surface area contributed by atoms with E-state index in [9.17, 15) is 4.79 Å². The molecule has 3 heterocycles. The van der Waals surface area contributed by atoms with E-state index in [1.165, 1.54) is 11.3 Å². The van der Waals surface area contributed by atoms with Gasteiger partial charge in [0.15, 0.2) is 0 Å². The molecule has 1 aliphatic rings. The number of aromatic nitrogens is 2. The number of hydrogen-bond acceptors (Lipinski definition) is 6. The Kier molecular flexibility index (Phi) is 4.60. The molecule has 1 fully saturated rings. The van der Waals surface area contributed by atoms with Crippen LogP contribution in [0, 0.1) is 0 Å². The van der Waals surface area contributed by atoms with Gasteiger partial charge >= 0.3 is 13.1 Å². The van der Waals surface area contributed by atoms with Crippen LogP contribution in [0.4, 0.5) is 0 Å². The largest absolute Gasteiger partial charge is 0.517 e. The molecule has 0 atom stereocenters. The first-order valence-corrected chi connectivity index (χ1v) is 10.2. The molecule has 4 rings (SSSR count). The number of nitrogens with zero attached hydrogens (tertiary/aromatic N) is 2. The summed E-state index contributed by atoms with van der Waals surface area (Å²) in [6.45, 7) is 10.2. The third-order valence-corrected chi connectivity index (χ3v) is 6.43. The SMILES string of the molecule is CCOC(=O)c1cc2c(B3OC(C)(C)C(C)(C)O3)nn(-c3ccccc3)c2s1. The van der Waals surface area contributed by atoms with E-state index < -0.39 is 18.3 Å². The van der Waals surface area contributed by atoms with Gasteiger partial charge in [-0.05, 0) is 52.8 Å². The summed E-state index contributed by atoms with van der Waals surface area (Å²) in [5.41, 5.74) is 0.637. The fourth-order valence-corrected chi connectivity index (χ4v) is 4.14. The van der Waals surface area contributed by atoms with Gasteiger partial charge in [0.25, 0.3) is 0 Å². The third-order valence-electron chi connectivity index (χ3n) is 5.34. The van der Waals surface area contributed by atoms with Gasteiger partial charge in [-0.2, -0.15) is 5.10 Å². The second kappa shape index (κ2) is 6.72. The zero-order chi connectivity index (χ0) is 20.1. The normalized spacial score (nSPS) is 18.0. The summed E-state index contributed by atoms with van der Waals surface area (Å²) < 4.78 is 19.4. The Labute approximate surface area is 168 Å². The van der Waals surface area contributed by atoms with E-state index >= 15 is 0 Å². The van der Waals surface area contributed by atoms with Crippen LogP contribution >= 0.6 is 11.3 Å². The molecule has 0 N–H and O–H groups in total. The Balaban J connectivity index is 1.86. The van der Waals surface area contributed by atoms with E-state index in [0.717, 1.165) is 15.9 Å². The molecule has 1 aromatic carbocycles. The predicted octanol–water partition coefficient (Wildman–Crippen LogP) is 3.56. The highest BCUT2D eigenvalue weighted by molar-refractivity contribution is 7.20. The van der Waals surface area contributed by atoms with Crippen molar-refractivity contribution in [3.63, 3.8) is 0 Å². The van der Waals surface area contributed by atoms with Crippen LogP contribution in [0.5, 0.6) is 0 Å². The molecule has 0 spiro atoms. The van der Waals surface area contributed by atoms with Gasteiger partial charge in [-0.3, -0.25) is 0 Å². The Hall–Kier alpha value is -2.16. The van der Waals surface area contributed by atoms with Crippen molar-refractivity contribution in [3.05, 3.63) is 41.3 Å². The van der Waals surface area contributed by atoms with Crippen molar-refractivity contribution in [3.8, 4) is 5.69 Å². The van der Waals surface area contributed by atoms with Crippen LogP contribution in [0.2, 0.25) is 0 Å². The van der Waals surface area contributed by atoms with Crippen molar-refractivity contribution in [2.45, 2.75) is 45.8 Å². The Bertz CT molecular complexity index is 1010. The monoisotopic (exact) mass is 398 g/mol. The lowest BCUT2D eigenvalue weighted by Gasteiger charge is -2.32. The molecule has 28 heavy (non-hydrogen) atoms. The van der Waals surface area contributed by atoms with Gasteiger partial charge in [0.05, 0.1) is 23.5 Å². The Morgan fingerprint density at radius 2 is 1.82 bits per heavy atom. The topological polar surface area (TPSA) is 62.6 Å². The minimum atomic E-state index is -0.609. The first kappa shape index (κ1) is 19.2. The van der Waals surface area contributed by atoms with E-state index in [1.807, 2.05) is 68.8 Å². The highest BCUT2D eigenvalue weighted by Crippen LogP contribution is 2.37. The number of carbonyl (C=O) groups excluding carboxylic acids is 1. The molecule has 0 unspecified atom stereocenters. The number of esters is 1. The minimum Gasteiger partial charge on any atom is -0.462 e. The standard InChI is InChI=1S/C20H23BN2O4S/c1-6-25-18(24)15-12-14-16(21-26-19(2,3)20(4,5)27-21)22-23(17(14)28-15)13-10-8-7-9-11-13/h7-12H,6H2,1-5H3. The van der Waals surface area contributed by atoms with E-state index in [4.69, 9.17) is 19.1 Å². The van der Waals surface area contributed by atoms with Gasteiger partial charge < -0.3 is 14.0 Å². The number of para-hydroxylation sites is 1. The van der Waals surface area contributed by atoms with Crippen LogP contribution in [-0.4, -0.2) is 40.7 Å². The van der Waals surface area contributed by atoms with Crippen LogP contribution in [0.3, 0.4) is 0 Å². The van der Waals surface area contributed by atoms with Crippen molar-refractivity contribution in [1.82, 2.24) is 9.78 Å². The van der Waals surface area contributed by atoms with Crippen molar-refractivity contribution in [1.29, 1.82) is 0 Å². The second-order valence-corrected chi connectivity index (χ2v) is 8.80. The van der Waals surface area contributed by atoms with Gasteiger partial charge in [-0.15, -0.1) is 11.3 Å². The zero-order valence-corrected chi connectivity index (χ0v) is 17.5. The molecule has 146 valence electrons. The summed E-state index contributed by atoms with van der Waals surface area (Å²) in [6.07, 6.45) is 0. The van der Waals surface area contributed by atoms with E-state index in [2.05, 4.69) is 0 Å². The maximum absolute atomic E-state index is 12.3. The molecular weight excluding hydrogens is 375 g/mol. The first-order chi connectivity index (χ1) is 13.2. The number of fused-ring (bicyclic) bond motifs is 1. The van der Waals surface area contributed by atoms with Crippen LogP contribution in [-0.2, 0) is 14.0 Å². The zero-order valence-electron chi connectivity index (χ0n) is 16.7.